The first-order chi connectivity index (χ1) is 11.6. The maximum atomic E-state index is 12.0. The standard InChI is InChI=1S/C17H21N3O3S/c1-3-8-18-15(21)9-19-17(22)14-11-24-16(20-14)10-23-13-6-4-12(2)5-7-13/h4-7,11H,3,8-10H2,1-2H3,(H,18,21)(H,19,22). The number of ether oxygens (including phenoxy) is 1. The number of amides is 2. The van der Waals surface area contributed by atoms with Gasteiger partial charge in [-0.15, -0.1) is 11.3 Å². The largest absolute Gasteiger partial charge is 0.486 e. The van der Waals surface area contributed by atoms with Gasteiger partial charge in [-0.1, -0.05) is 24.6 Å². The van der Waals surface area contributed by atoms with Gasteiger partial charge < -0.3 is 15.4 Å². The minimum atomic E-state index is -0.362. The van der Waals surface area contributed by atoms with Gasteiger partial charge in [0.05, 0.1) is 6.54 Å². The summed E-state index contributed by atoms with van der Waals surface area (Å²) in [5.41, 5.74) is 1.46. The highest BCUT2D eigenvalue weighted by molar-refractivity contribution is 7.09. The van der Waals surface area contributed by atoms with Crippen LogP contribution in [0.2, 0.25) is 0 Å². The van der Waals surface area contributed by atoms with Crippen LogP contribution in [0.25, 0.3) is 0 Å². The monoisotopic (exact) mass is 347 g/mol. The van der Waals surface area contributed by atoms with E-state index in [4.69, 9.17) is 4.74 Å². The molecule has 24 heavy (non-hydrogen) atoms. The number of nitrogens with zero attached hydrogens (tertiary/aromatic N) is 1. The third-order valence-electron chi connectivity index (χ3n) is 3.15. The summed E-state index contributed by atoms with van der Waals surface area (Å²) in [6.45, 7) is 4.84. The molecule has 0 atom stereocenters. The zero-order valence-corrected chi connectivity index (χ0v) is 14.6. The van der Waals surface area contributed by atoms with E-state index in [-0.39, 0.29) is 18.4 Å². The Kier molecular flexibility index (Phi) is 6.74. The number of carbonyl (C=O) groups is 2. The van der Waals surface area contributed by atoms with Gasteiger partial charge in [0.1, 0.15) is 23.1 Å². The molecule has 1 heterocycles. The molecule has 1 aromatic carbocycles. The Bertz CT molecular complexity index is 683. The summed E-state index contributed by atoms with van der Waals surface area (Å²) in [5.74, 6) is 0.192. The van der Waals surface area contributed by atoms with Gasteiger partial charge in [0, 0.05) is 11.9 Å². The molecule has 6 nitrogen and oxygen atoms in total. The summed E-state index contributed by atoms with van der Waals surface area (Å²) < 4.78 is 5.63. The number of hydrogen-bond donors (Lipinski definition) is 2. The lowest BCUT2D eigenvalue weighted by Crippen LogP contribution is -2.37. The van der Waals surface area contributed by atoms with Crippen molar-refractivity contribution in [1.29, 1.82) is 0 Å². The minimum absolute atomic E-state index is 0.0500. The van der Waals surface area contributed by atoms with Gasteiger partial charge in [0.15, 0.2) is 0 Å². The lowest BCUT2D eigenvalue weighted by molar-refractivity contribution is -0.120. The summed E-state index contributed by atoms with van der Waals surface area (Å²) in [7, 11) is 0. The molecular weight excluding hydrogens is 326 g/mol. The Morgan fingerprint density at radius 3 is 2.67 bits per heavy atom. The van der Waals surface area contributed by atoms with Crippen LogP contribution in [0.1, 0.15) is 34.4 Å². The van der Waals surface area contributed by atoms with Crippen molar-refractivity contribution in [2.45, 2.75) is 26.9 Å². The van der Waals surface area contributed by atoms with E-state index in [1.165, 1.54) is 16.9 Å². The van der Waals surface area contributed by atoms with Crippen molar-refractivity contribution in [1.82, 2.24) is 15.6 Å². The molecule has 7 heteroatoms. The van der Waals surface area contributed by atoms with Crippen LogP contribution in [0.4, 0.5) is 0 Å². The normalized spacial score (nSPS) is 10.2. The number of nitrogens with one attached hydrogen (secondary N) is 2. The molecule has 0 unspecified atom stereocenters. The Morgan fingerprint density at radius 2 is 1.96 bits per heavy atom. The molecule has 1 aromatic heterocycles. The van der Waals surface area contributed by atoms with Crippen molar-refractivity contribution in [3.63, 3.8) is 0 Å². The second kappa shape index (κ2) is 9.02. The van der Waals surface area contributed by atoms with E-state index in [2.05, 4.69) is 15.6 Å². The molecule has 128 valence electrons. The molecule has 0 saturated heterocycles. The van der Waals surface area contributed by atoms with Crippen LogP contribution < -0.4 is 15.4 Å². The molecular formula is C17H21N3O3S. The van der Waals surface area contributed by atoms with Crippen LogP contribution >= 0.6 is 11.3 Å². The average Bonchev–Trinajstić information content (AvgIpc) is 3.06. The van der Waals surface area contributed by atoms with Crippen LogP contribution in [0.3, 0.4) is 0 Å². The van der Waals surface area contributed by atoms with Gasteiger partial charge in [-0.05, 0) is 25.5 Å². The maximum Gasteiger partial charge on any atom is 0.271 e. The van der Waals surface area contributed by atoms with Crippen molar-refractivity contribution in [3.8, 4) is 5.75 Å². The summed E-state index contributed by atoms with van der Waals surface area (Å²) >= 11 is 1.35. The average molecular weight is 347 g/mol. The summed E-state index contributed by atoms with van der Waals surface area (Å²) in [6.07, 6.45) is 0.857. The predicted octanol–water partition coefficient (Wildman–Crippen LogP) is 2.29. The van der Waals surface area contributed by atoms with Crippen LogP contribution in [-0.4, -0.2) is 29.9 Å². The number of rotatable bonds is 8. The SMILES string of the molecule is CCCNC(=O)CNC(=O)c1csc(COc2ccc(C)cc2)n1. The first-order valence-electron chi connectivity index (χ1n) is 7.77. The predicted molar refractivity (Wildman–Crippen MR) is 93.3 cm³/mol. The maximum absolute atomic E-state index is 12.0. The zero-order chi connectivity index (χ0) is 17.4. The molecule has 0 bridgehead atoms. The highest BCUT2D eigenvalue weighted by Gasteiger charge is 2.12. The second-order valence-corrected chi connectivity index (χ2v) is 6.20. The number of carbonyl (C=O) groups excluding carboxylic acids is 2. The molecule has 0 spiro atoms. The molecule has 0 fully saturated rings. The van der Waals surface area contributed by atoms with Crippen molar-refractivity contribution in [2.75, 3.05) is 13.1 Å². The number of aryl methyl sites for hydroxylation is 1. The van der Waals surface area contributed by atoms with Crippen LogP contribution in [0.15, 0.2) is 29.6 Å². The van der Waals surface area contributed by atoms with E-state index in [1.54, 1.807) is 5.38 Å². The number of thiazole rings is 1. The summed E-state index contributed by atoms with van der Waals surface area (Å²) in [5, 5.41) is 7.61. The van der Waals surface area contributed by atoms with Crippen molar-refractivity contribution < 1.29 is 14.3 Å². The molecule has 2 rings (SSSR count). The van der Waals surface area contributed by atoms with Gasteiger partial charge in [-0.3, -0.25) is 9.59 Å². The van der Waals surface area contributed by atoms with Gasteiger partial charge in [-0.2, -0.15) is 0 Å². The van der Waals surface area contributed by atoms with Gasteiger partial charge in [0.2, 0.25) is 5.91 Å². The molecule has 2 aromatic rings. The quantitative estimate of drug-likeness (QED) is 0.768. The molecule has 0 saturated carbocycles. The van der Waals surface area contributed by atoms with Crippen molar-refractivity contribution in [2.24, 2.45) is 0 Å². The van der Waals surface area contributed by atoms with E-state index in [0.29, 0.717) is 23.9 Å². The Hall–Kier alpha value is -2.41. The number of aromatic nitrogens is 1. The molecule has 2 amide bonds. The van der Waals surface area contributed by atoms with E-state index in [9.17, 15) is 9.59 Å². The van der Waals surface area contributed by atoms with E-state index in [1.807, 2.05) is 38.1 Å². The minimum Gasteiger partial charge on any atom is -0.486 e. The Labute approximate surface area is 145 Å². The van der Waals surface area contributed by atoms with Crippen LogP contribution in [0.5, 0.6) is 5.75 Å². The first kappa shape index (κ1) is 17.9. The molecule has 0 aliphatic carbocycles. The Morgan fingerprint density at radius 1 is 1.21 bits per heavy atom. The molecule has 2 N–H and O–H groups in total. The van der Waals surface area contributed by atoms with Crippen LogP contribution in [-0.2, 0) is 11.4 Å². The highest BCUT2D eigenvalue weighted by Crippen LogP contribution is 2.16. The summed E-state index contributed by atoms with van der Waals surface area (Å²) in [6, 6.07) is 7.73. The van der Waals surface area contributed by atoms with Gasteiger partial charge in [0.25, 0.3) is 5.91 Å². The molecule has 0 aliphatic rings. The topological polar surface area (TPSA) is 80.3 Å². The lowest BCUT2D eigenvalue weighted by atomic mass is 10.2. The third kappa shape index (κ3) is 5.66. The van der Waals surface area contributed by atoms with Crippen LogP contribution in [0, 0.1) is 6.92 Å². The number of hydrogen-bond acceptors (Lipinski definition) is 5. The summed E-state index contributed by atoms with van der Waals surface area (Å²) in [4.78, 5) is 27.7. The highest BCUT2D eigenvalue weighted by atomic mass is 32.1. The first-order valence-corrected chi connectivity index (χ1v) is 8.65. The Balaban J connectivity index is 1.80. The molecule has 0 aliphatic heterocycles. The fourth-order valence-electron chi connectivity index (χ4n) is 1.84. The van der Waals surface area contributed by atoms with Crippen molar-refractivity contribution in [3.05, 3.63) is 45.9 Å². The van der Waals surface area contributed by atoms with Crippen molar-refractivity contribution >= 4 is 23.2 Å². The van der Waals surface area contributed by atoms with E-state index in [0.717, 1.165) is 12.2 Å². The fraction of sp³-hybridized carbons (Fsp3) is 0.353. The molecule has 0 radical (unpaired) electrons. The number of benzene rings is 1. The smallest absolute Gasteiger partial charge is 0.271 e. The zero-order valence-electron chi connectivity index (χ0n) is 13.8. The lowest BCUT2D eigenvalue weighted by Gasteiger charge is -2.05. The second-order valence-electron chi connectivity index (χ2n) is 5.26. The van der Waals surface area contributed by atoms with E-state index >= 15 is 0 Å². The fourth-order valence-corrected chi connectivity index (χ4v) is 2.52. The third-order valence-corrected chi connectivity index (χ3v) is 3.97. The van der Waals surface area contributed by atoms with Gasteiger partial charge >= 0.3 is 0 Å². The van der Waals surface area contributed by atoms with Gasteiger partial charge in [-0.25, -0.2) is 4.98 Å². The van der Waals surface area contributed by atoms with E-state index < -0.39 is 0 Å².